The van der Waals surface area contributed by atoms with E-state index in [0.717, 1.165) is 22.3 Å². The van der Waals surface area contributed by atoms with Crippen molar-refractivity contribution in [2.24, 2.45) is 5.41 Å². The quantitative estimate of drug-likeness (QED) is 0.171. The van der Waals surface area contributed by atoms with Crippen molar-refractivity contribution in [3.8, 4) is 0 Å². The second-order valence-electron chi connectivity index (χ2n) is 15.6. The highest BCUT2D eigenvalue weighted by molar-refractivity contribution is 7.53. The molecule has 0 atom stereocenters. The Morgan fingerprint density at radius 3 is 0.977 bits per heavy atom. The van der Waals surface area contributed by atoms with Crippen molar-refractivity contribution in [2.45, 2.75) is 110 Å². The highest BCUT2D eigenvalue weighted by atomic mass is 31.2. The van der Waals surface area contributed by atoms with E-state index in [1.54, 1.807) is 0 Å². The number of rotatable bonds is 8. The molecule has 0 spiro atoms. The smallest absolute Gasteiger partial charge is 0.334 e. The van der Waals surface area contributed by atoms with Gasteiger partial charge in [-0.15, -0.1) is 0 Å². The average Bonchev–Trinajstić information content (AvgIpc) is 2.86. The first-order valence-electron chi connectivity index (χ1n) is 14.6. The molecule has 9 nitrogen and oxygen atoms in total. The Labute approximate surface area is 266 Å². The number of aliphatic hydroxyl groups is 4. The van der Waals surface area contributed by atoms with Crippen molar-refractivity contribution in [2.75, 3.05) is 19.8 Å². The average molecular weight is 659 g/mol. The van der Waals surface area contributed by atoms with E-state index < -0.39 is 48.0 Å². The first kappa shape index (κ1) is 41.0. The second kappa shape index (κ2) is 14.8. The molecule has 0 radical (unpaired) electrons. The molecule has 0 saturated heterocycles. The van der Waals surface area contributed by atoms with Crippen LogP contribution >= 0.6 is 17.2 Å². The molecule has 11 heteroatoms. The summed E-state index contributed by atoms with van der Waals surface area (Å²) in [4.78, 5) is 31.3. The molecule has 0 bridgehead atoms. The van der Waals surface area contributed by atoms with Gasteiger partial charge in [0.25, 0.3) is 0 Å². The summed E-state index contributed by atoms with van der Waals surface area (Å²) in [6.45, 7) is 23.5. The molecule has 2 rings (SSSR count). The minimum Gasteiger partial charge on any atom is -0.395 e. The lowest BCUT2D eigenvalue weighted by Gasteiger charge is -2.49. The monoisotopic (exact) mass is 658 g/mol. The van der Waals surface area contributed by atoms with E-state index >= 15 is 0 Å². The van der Waals surface area contributed by atoms with Crippen LogP contribution in [-0.2, 0) is 31.6 Å². The van der Waals surface area contributed by atoms with E-state index in [2.05, 4.69) is 112 Å². The molecule has 2 aromatic rings. The lowest BCUT2D eigenvalue weighted by atomic mass is 9.60. The maximum atomic E-state index is 13.3. The molecule has 0 heterocycles. The zero-order valence-corrected chi connectivity index (χ0v) is 30.3. The molecule has 0 aliphatic rings. The minimum atomic E-state index is -2.61. The van der Waals surface area contributed by atoms with E-state index in [1.807, 2.05) is 12.1 Å². The fraction of sp³-hybridized carbons (Fsp3) is 0.636. The standard InChI is InChI=1S/C33H52O4.H4O5P2/c1-28(2,3)22-13-15-24(30(7,8)9)26(17-22)33(37,32(19-34,20-35)21-36)27-18-23(29(4,5)6)14-16-25(27)31(10,11)12;1-6(2)5-7(3)4/h13-18,34-37H,19-21H2,1-12H3;1-4H. The van der Waals surface area contributed by atoms with Gasteiger partial charge < -0.3 is 40.0 Å². The summed E-state index contributed by atoms with van der Waals surface area (Å²) in [6.07, 6.45) is 0. The highest BCUT2D eigenvalue weighted by Gasteiger charge is 2.55. The molecular weight excluding hydrogens is 602 g/mol. The molecule has 252 valence electrons. The van der Waals surface area contributed by atoms with E-state index in [9.17, 15) is 20.4 Å². The van der Waals surface area contributed by atoms with E-state index in [1.165, 1.54) is 0 Å². The van der Waals surface area contributed by atoms with Gasteiger partial charge in [-0.1, -0.05) is 119 Å². The SMILES string of the molecule is CC(C)(C)c1ccc(C(C)(C)C)c(C(O)(c2cc(C(C)(C)C)ccc2C(C)(C)C)C(CO)(CO)CO)c1.OP(O)OP(O)O. The number of benzene rings is 2. The zero-order chi connectivity index (χ0) is 34.7. The molecule has 8 N–H and O–H groups in total. The van der Waals surface area contributed by atoms with E-state index in [4.69, 9.17) is 19.6 Å². The van der Waals surface area contributed by atoms with Crippen molar-refractivity contribution in [3.63, 3.8) is 0 Å². The van der Waals surface area contributed by atoms with Gasteiger partial charge in [-0.3, -0.25) is 0 Å². The van der Waals surface area contributed by atoms with Crippen molar-refractivity contribution in [3.05, 3.63) is 69.8 Å². The Morgan fingerprint density at radius 1 is 0.500 bits per heavy atom. The van der Waals surface area contributed by atoms with Gasteiger partial charge >= 0.3 is 17.2 Å². The third kappa shape index (κ3) is 9.49. The van der Waals surface area contributed by atoms with Crippen LogP contribution in [0.15, 0.2) is 36.4 Å². The molecule has 0 aromatic heterocycles. The fourth-order valence-corrected chi connectivity index (χ4v) is 5.73. The number of aliphatic hydroxyl groups excluding tert-OH is 3. The lowest BCUT2D eigenvalue weighted by Crippen LogP contribution is -2.55. The highest BCUT2D eigenvalue weighted by Crippen LogP contribution is 2.52. The van der Waals surface area contributed by atoms with Crippen LogP contribution in [0.1, 0.15) is 116 Å². The van der Waals surface area contributed by atoms with Crippen molar-refractivity contribution in [1.82, 2.24) is 0 Å². The van der Waals surface area contributed by atoms with Crippen LogP contribution in [0.4, 0.5) is 0 Å². The Morgan fingerprint density at radius 2 is 0.795 bits per heavy atom. The third-order valence-corrected chi connectivity index (χ3v) is 9.16. The number of hydrogen-bond donors (Lipinski definition) is 8. The maximum absolute atomic E-state index is 13.3. The van der Waals surface area contributed by atoms with Crippen LogP contribution < -0.4 is 0 Å². The van der Waals surface area contributed by atoms with Crippen molar-refractivity contribution in [1.29, 1.82) is 0 Å². The predicted molar refractivity (Wildman–Crippen MR) is 178 cm³/mol. The predicted octanol–water partition coefficient (Wildman–Crippen LogP) is 5.50. The normalized spacial score (nSPS) is 13.8. The van der Waals surface area contributed by atoms with Gasteiger partial charge in [-0.05, 0) is 55.0 Å². The summed E-state index contributed by atoms with van der Waals surface area (Å²) in [5.74, 6) is 0. The molecule has 44 heavy (non-hydrogen) atoms. The topological polar surface area (TPSA) is 171 Å². The van der Waals surface area contributed by atoms with Crippen LogP contribution in [0.3, 0.4) is 0 Å². The van der Waals surface area contributed by atoms with Crippen LogP contribution in [0.25, 0.3) is 0 Å². The first-order chi connectivity index (χ1) is 19.7. The molecule has 0 saturated carbocycles. The summed E-state index contributed by atoms with van der Waals surface area (Å²) in [5, 5.41) is 45.7. The molecule has 0 aliphatic heterocycles. The van der Waals surface area contributed by atoms with Crippen LogP contribution in [0, 0.1) is 5.41 Å². The van der Waals surface area contributed by atoms with Gasteiger partial charge in [-0.2, -0.15) is 0 Å². The van der Waals surface area contributed by atoms with Gasteiger partial charge in [0.1, 0.15) is 5.60 Å². The van der Waals surface area contributed by atoms with Crippen LogP contribution in [0.2, 0.25) is 0 Å². The fourth-order valence-electron chi connectivity index (χ4n) is 5.20. The van der Waals surface area contributed by atoms with E-state index in [-0.39, 0.29) is 21.7 Å². The van der Waals surface area contributed by atoms with Gasteiger partial charge in [0.05, 0.1) is 25.2 Å². The summed E-state index contributed by atoms with van der Waals surface area (Å²) in [7, 11) is -5.22. The maximum Gasteiger partial charge on any atom is 0.334 e. The van der Waals surface area contributed by atoms with E-state index in [0.29, 0.717) is 11.1 Å². The Bertz CT molecular complexity index is 1120. The summed E-state index contributed by atoms with van der Waals surface area (Å²) >= 11 is 0. The van der Waals surface area contributed by atoms with Gasteiger partial charge in [-0.25, -0.2) is 4.31 Å². The van der Waals surface area contributed by atoms with Crippen LogP contribution in [0.5, 0.6) is 0 Å². The molecule has 0 amide bonds. The largest absolute Gasteiger partial charge is 0.395 e. The summed E-state index contributed by atoms with van der Waals surface area (Å²) in [6, 6.07) is 12.3. The van der Waals surface area contributed by atoms with Crippen LogP contribution in [-0.4, -0.2) is 59.8 Å². The first-order valence-corrected chi connectivity index (χ1v) is 17.0. The zero-order valence-electron chi connectivity index (χ0n) is 28.5. The summed E-state index contributed by atoms with van der Waals surface area (Å²) < 4.78 is 3.60. The van der Waals surface area contributed by atoms with Gasteiger partial charge in [0, 0.05) is 0 Å². The second-order valence-corrected chi connectivity index (χ2v) is 17.2. The minimum absolute atomic E-state index is 0.202. The van der Waals surface area contributed by atoms with Gasteiger partial charge in [0.15, 0.2) is 0 Å². The number of hydrogen-bond acceptors (Lipinski definition) is 9. The van der Waals surface area contributed by atoms with Gasteiger partial charge in [0.2, 0.25) is 0 Å². The Balaban J connectivity index is 0.00000123. The summed E-state index contributed by atoms with van der Waals surface area (Å²) in [5.41, 5.74) is 0.458. The molecule has 0 unspecified atom stereocenters. The molecule has 0 aliphatic carbocycles. The molecular formula is C33H56O9P2. The lowest BCUT2D eigenvalue weighted by molar-refractivity contribution is -0.137. The Kier molecular flexibility index (Phi) is 13.8. The molecule has 0 fully saturated rings. The molecule has 2 aromatic carbocycles. The van der Waals surface area contributed by atoms with Crippen molar-refractivity contribution >= 4 is 17.2 Å². The van der Waals surface area contributed by atoms with Crippen molar-refractivity contribution < 1.29 is 44.3 Å². The Hall–Kier alpha value is -1.06. The third-order valence-electron chi connectivity index (χ3n) is 7.99.